The Morgan fingerprint density at radius 1 is 1.17 bits per heavy atom. The Kier molecular flexibility index (Phi) is 4.46. The smallest absolute Gasteiger partial charge is 0.412 e. The normalized spacial score (nSPS) is 12.4. The molecule has 0 bridgehead atoms. The molecule has 23 heavy (non-hydrogen) atoms. The third-order valence-electron chi connectivity index (χ3n) is 3.10. The second kappa shape index (κ2) is 6.87. The predicted molar refractivity (Wildman–Crippen MR) is 85.6 cm³/mol. The Hall–Kier alpha value is -2.96. The molecule has 1 amide bonds. The van der Waals surface area contributed by atoms with E-state index in [4.69, 9.17) is 14.2 Å². The van der Waals surface area contributed by atoms with E-state index in [9.17, 15) is 4.79 Å². The van der Waals surface area contributed by atoms with Crippen LogP contribution in [0.2, 0.25) is 0 Å². The number of nitrogens with one attached hydrogen (secondary N) is 2. The molecule has 7 nitrogen and oxygen atoms in total. The highest BCUT2D eigenvalue weighted by atomic mass is 16.6. The van der Waals surface area contributed by atoms with E-state index in [0.717, 1.165) is 22.9 Å². The number of hydrogen-bond donors (Lipinski definition) is 2. The van der Waals surface area contributed by atoms with Crippen molar-refractivity contribution in [3.05, 3.63) is 36.5 Å². The quantitative estimate of drug-likeness (QED) is 0.902. The van der Waals surface area contributed by atoms with Crippen molar-refractivity contribution in [1.82, 2.24) is 4.98 Å². The van der Waals surface area contributed by atoms with Gasteiger partial charge in [0.15, 0.2) is 11.5 Å². The molecule has 0 saturated carbocycles. The zero-order chi connectivity index (χ0) is 16.1. The van der Waals surface area contributed by atoms with Crippen LogP contribution in [0.15, 0.2) is 36.5 Å². The molecule has 2 aromatic rings. The van der Waals surface area contributed by atoms with Crippen molar-refractivity contribution in [3.63, 3.8) is 0 Å². The average molecular weight is 315 g/mol. The first-order valence-electron chi connectivity index (χ1n) is 7.31. The Morgan fingerprint density at radius 2 is 1.96 bits per heavy atom. The fraction of sp³-hybridized carbons (Fsp3) is 0.250. The largest absolute Gasteiger partial charge is 0.486 e. The van der Waals surface area contributed by atoms with Crippen molar-refractivity contribution in [2.45, 2.75) is 6.92 Å². The molecular formula is C16H17N3O4. The molecule has 0 spiro atoms. The lowest BCUT2D eigenvalue weighted by atomic mass is 10.2. The summed E-state index contributed by atoms with van der Waals surface area (Å²) >= 11 is 0. The van der Waals surface area contributed by atoms with E-state index in [1.807, 2.05) is 24.3 Å². The van der Waals surface area contributed by atoms with E-state index < -0.39 is 6.09 Å². The minimum atomic E-state index is -0.521. The lowest BCUT2D eigenvalue weighted by Crippen LogP contribution is -2.15. The summed E-state index contributed by atoms with van der Waals surface area (Å²) in [5.74, 6) is 1.89. The summed E-state index contributed by atoms with van der Waals surface area (Å²) in [6.45, 7) is 3.17. The predicted octanol–water partition coefficient (Wildman–Crippen LogP) is 3.16. The van der Waals surface area contributed by atoms with Gasteiger partial charge in [-0.1, -0.05) is 0 Å². The summed E-state index contributed by atoms with van der Waals surface area (Å²) in [4.78, 5) is 15.5. The van der Waals surface area contributed by atoms with E-state index in [1.54, 1.807) is 19.2 Å². The van der Waals surface area contributed by atoms with Crippen LogP contribution < -0.4 is 20.1 Å². The molecule has 1 aromatic heterocycles. The molecule has 1 aromatic carbocycles. The molecule has 0 fully saturated rings. The zero-order valence-corrected chi connectivity index (χ0v) is 12.7. The highest BCUT2D eigenvalue weighted by Crippen LogP contribution is 2.33. The first-order valence-corrected chi connectivity index (χ1v) is 7.31. The topological polar surface area (TPSA) is 81.7 Å². The summed E-state index contributed by atoms with van der Waals surface area (Å²) in [5.41, 5.74) is 1.65. The van der Waals surface area contributed by atoms with Gasteiger partial charge in [-0.25, -0.2) is 9.78 Å². The van der Waals surface area contributed by atoms with Crippen molar-refractivity contribution >= 4 is 23.3 Å². The molecule has 0 aliphatic carbocycles. The van der Waals surface area contributed by atoms with Crippen LogP contribution in [0.1, 0.15) is 6.92 Å². The summed E-state index contributed by atoms with van der Waals surface area (Å²) in [6, 6.07) is 9.14. The zero-order valence-electron chi connectivity index (χ0n) is 12.7. The maximum Gasteiger partial charge on any atom is 0.412 e. The van der Waals surface area contributed by atoms with Crippen LogP contribution in [-0.2, 0) is 4.74 Å². The van der Waals surface area contributed by atoms with E-state index in [2.05, 4.69) is 15.6 Å². The van der Waals surface area contributed by atoms with Gasteiger partial charge in [-0.3, -0.25) is 5.32 Å². The summed E-state index contributed by atoms with van der Waals surface area (Å²) in [7, 11) is 0. The first kappa shape index (κ1) is 15.0. The van der Waals surface area contributed by atoms with Crippen LogP contribution >= 0.6 is 0 Å². The summed E-state index contributed by atoms with van der Waals surface area (Å²) in [6.07, 6.45) is 1.10. The van der Waals surface area contributed by atoms with Crippen molar-refractivity contribution in [3.8, 4) is 11.5 Å². The van der Waals surface area contributed by atoms with Gasteiger partial charge in [0.25, 0.3) is 0 Å². The lowest BCUT2D eigenvalue weighted by molar-refractivity contribution is 0.168. The number of hydrogen-bond acceptors (Lipinski definition) is 6. The van der Waals surface area contributed by atoms with Gasteiger partial charge in [-0.15, -0.1) is 0 Å². The second-order valence-corrected chi connectivity index (χ2v) is 4.76. The number of pyridine rings is 1. The van der Waals surface area contributed by atoms with Gasteiger partial charge in [0.05, 0.1) is 18.5 Å². The average Bonchev–Trinajstić information content (AvgIpc) is 2.57. The molecule has 7 heteroatoms. The molecule has 0 saturated heterocycles. The number of rotatable bonds is 4. The number of fused-ring (bicyclic) bond motifs is 1. The Morgan fingerprint density at radius 3 is 2.70 bits per heavy atom. The van der Waals surface area contributed by atoms with E-state index in [1.165, 1.54) is 0 Å². The number of anilines is 3. The van der Waals surface area contributed by atoms with Gasteiger partial charge >= 0.3 is 6.09 Å². The van der Waals surface area contributed by atoms with Gasteiger partial charge in [-0.2, -0.15) is 0 Å². The maximum absolute atomic E-state index is 11.3. The molecule has 0 atom stereocenters. The minimum absolute atomic E-state index is 0.315. The highest BCUT2D eigenvalue weighted by molar-refractivity contribution is 5.83. The number of benzene rings is 1. The van der Waals surface area contributed by atoms with Crippen molar-refractivity contribution < 1.29 is 19.0 Å². The monoisotopic (exact) mass is 315 g/mol. The van der Waals surface area contributed by atoms with E-state index >= 15 is 0 Å². The number of carbonyl (C=O) groups is 1. The standard InChI is InChI=1S/C16H17N3O4/c1-2-21-16(20)19-15-6-4-12(10-17-15)18-11-3-5-13-14(9-11)23-8-7-22-13/h3-6,9-10,18H,2,7-8H2,1H3,(H,17,19,20). The maximum atomic E-state index is 11.3. The number of ether oxygens (including phenoxy) is 3. The van der Waals surface area contributed by atoms with E-state index in [0.29, 0.717) is 25.6 Å². The van der Waals surface area contributed by atoms with Gasteiger partial charge in [0.1, 0.15) is 19.0 Å². The van der Waals surface area contributed by atoms with Crippen molar-refractivity contribution in [2.24, 2.45) is 0 Å². The summed E-state index contributed by atoms with van der Waals surface area (Å²) < 4.78 is 15.8. The van der Waals surface area contributed by atoms with Crippen LogP contribution in [0.3, 0.4) is 0 Å². The third kappa shape index (κ3) is 3.82. The van der Waals surface area contributed by atoms with Gasteiger partial charge in [0.2, 0.25) is 0 Å². The Labute approximate surface area is 133 Å². The summed E-state index contributed by atoms with van der Waals surface area (Å²) in [5, 5.41) is 5.76. The second-order valence-electron chi connectivity index (χ2n) is 4.76. The van der Waals surface area contributed by atoms with Crippen LogP contribution in [0.4, 0.5) is 22.0 Å². The minimum Gasteiger partial charge on any atom is -0.486 e. The Balaban J connectivity index is 1.65. The van der Waals surface area contributed by atoms with E-state index in [-0.39, 0.29) is 0 Å². The van der Waals surface area contributed by atoms with Crippen LogP contribution in [0, 0.1) is 0 Å². The third-order valence-corrected chi connectivity index (χ3v) is 3.10. The molecule has 2 heterocycles. The molecule has 0 unspecified atom stereocenters. The molecule has 2 N–H and O–H groups in total. The SMILES string of the molecule is CCOC(=O)Nc1ccc(Nc2ccc3c(c2)OCCO3)cn1. The Bertz CT molecular complexity index is 688. The van der Waals surface area contributed by atoms with Crippen LogP contribution in [0.5, 0.6) is 11.5 Å². The molecule has 3 rings (SSSR count). The van der Waals surface area contributed by atoms with Gasteiger partial charge in [0, 0.05) is 11.8 Å². The van der Waals surface area contributed by atoms with Gasteiger partial charge < -0.3 is 19.5 Å². The number of amides is 1. The molecule has 1 aliphatic rings. The number of nitrogens with zero attached hydrogens (tertiary/aromatic N) is 1. The molecule has 120 valence electrons. The van der Waals surface area contributed by atoms with Crippen LogP contribution in [-0.4, -0.2) is 30.9 Å². The number of carbonyl (C=O) groups excluding carboxylic acids is 1. The fourth-order valence-electron chi connectivity index (χ4n) is 2.10. The number of aromatic nitrogens is 1. The lowest BCUT2D eigenvalue weighted by Gasteiger charge is -2.19. The first-order chi connectivity index (χ1) is 11.2. The molecule has 0 radical (unpaired) electrons. The van der Waals surface area contributed by atoms with Crippen molar-refractivity contribution in [1.29, 1.82) is 0 Å². The van der Waals surface area contributed by atoms with Crippen molar-refractivity contribution in [2.75, 3.05) is 30.5 Å². The molecular weight excluding hydrogens is 298 g/mol. The fourth-order valence-corrected chi connectivity index (χ4v) is 2.10. The van der Waals surface area contributed by atoms with Crippen LogP contribution in [0.25, 0.3) is 0 Å². The van der Waals surface area contributed by atoms with Gasteiger partial charge in [-0.05, 0) is 31.2 Å². The highest BCUT2D eigenvalue weighted by Gasteiger charge is 2.11. The molecule has 1 aliphatic heterocycles.